The third kappa shape index (κ3) is 3.52. The van der Waals surface area contributed by atoms with Gasteiger partial charge in [0, 0.05) is 19.3 Å². The Morgan fingerprint density at radius 2 is 2.43 bits per heavy atom. The van der Waals surface area contributed by atoms with Gasteiger partial charge in [-0.2, -0.15) is 0 Å². The van der Waals surface area contributed by atoms with Gasteiger partial charge in [0.25, 0.3) is 0 Å². The van der Waals surface area contributed by atoms with Gasteiger partial charge in [-0.15, -0.1) is 0 Å². The van der Waals surface area contributed by atoms with Crippen molar-refractivity contribution < 1.29 is 5.11 Å². The van der Waals surface area contributed by atoms with Crippen molar-refractivity contribution >= 4 is 17.4 Å². The summed E-state index contributed by atoms with van der Waals surface area (Å²) in [5.74, 6) is 1.12. The largest absolute Gasteiger partial charge is 0.396 e. The van der Waals surface area contributed by atoms with Crippen LogP contribution >= 0.6 is 11.6 Å². The van der Waals surface area contributed by atoms with Crippen LogP contribution in [0.15, 0.2) is 18.3 Å². The molecule has 14 heavy (non-hydrogen) atoms. The average molecular weight is 215 g/mol. The second-order valence-electron chi connectivity index (χ2n) is 3.33. The highest BCUT2D eigenvalue weighted by molar-refractivity contribution is 6.32. The first-order valence-corrected chi connectivity index (χ1v) is 5.07. The zero-order valence-electron chi connectivity index (χ0n) is 8.20. The number of hydrogen-bond acceptors (Lipinski definition) is 3. The van der Waals surface area contributed by atoms with Crippen LogP contribution in [0.4, 0.5) is 5.82 Å². The van der Waals surface area contributed by atoms with Gasteiger partial charge in [-0.05, 0) is 24.5 Å². The Labute approximate surface area is 89.1 Å². The Kier molecular flexibility index (Phi) is 4.70. The highest BCUT2D eigenvalue weighted by atomic mass is 35.5. The van der Waals surface area contributed by atoms with Crippen LogP contribution in [0.1, 0.15) is 13.3 Å². The summed E-state index contributed by atoms with van der Waals surface area (Å²) >= 11 is 5.91. The molecule has 0 fully saturated rings. The zero-order chi connectivity index (χ0) is 10.4. The fraction of sp³-hybridized carbons (Fsp3) is 0.500. The number of halogens is 1. The topological polar surface area (TPSA) is 45.1 Å². The molecule has 0 bridgehead atoms. The first-order chi connectivity index (χ1) is 6.74. The third-order valence-electron chi connectivity index (χ3n) is 2.00. The summed E-state index contributed by atoms with van der Waals surface area (Å²) in [6.45, 7) is 3.07. The number of aliphatic hydroxyl groups is 1. The van der Waals surface area contributed by atoms with Crippen molar-refractivity contribution in [2.75, 3.05) is 18.5 Å². The Bertz CT molecular complexity index is 281. The number of aliphatic hydroxyl groups excluding tert-OH is 1. The van der Waals surface area contributed by atoms with Crippen molar-refractivity contribution in [3.63, 3.8) is 0 Å². The summed E-state index contributed by atoms with van der Waals surface area (Å²) in [6.07, 6.45) is 2.49. The Morgan fingerprint density at radius 3 is 3.07 bits per heavy atom. The fourth-order valence-electron chi connectivity index (χ4n) is 1.11. The molecule has 0 aliphatic rings. The highest BCUT2D eigenvalue weighted by Crippen LogP contribution is 2.17. The van der Waals surface area contributed by atoms with Gasteiger partial charge in [0.1, 0.15) is 5.82 Å². The van der Waals surface area contributed by atoms with Gasteiger partial charge in [-0.25, -0.2) is 4.98 Å². The molecule has 0 radical (unpaired) electrons. The van der Waals surface area contributed by atoms with Crippen molar-refractivity contribution in [2.45, 2.75) is 13.3 Å². The third-order valence-corrected chi connectivity index (χ3v) is 2.30. The molecular formula is C10H15ClN2O. The predicted molar refractivity (Wildman–Crippen MR) is 58.6 cm³/mol. The number of rotatable bonds is 5. The molecule has 1 rings (SSSR count). The lowest BCUT2D eigenvalue weighted by Gasteiger charge is -2.12. The van der Waals surface area contributed by atoms with Crippen LogP contribution in [0.2, 0.25) is 5.02 Å². The van der Waals surface area contributed by atoms with Gasteiger partial charge < -0.3 is 10.4 Å². The van der Waals surface area contributed by atoms with Crippen LogP contribution in [0.25, 0.3) is 0 Å². The second-order valence-corrected chi connectivity index (χ2v) is 3.74. The summed E-state index contributed by atoms with van der Waals surface area (Å²) in [4.78, 5) is 4.10. The summed E-state index contributed by atoms with van der Waals surface area (Å²) < 4.78 is 0. The van der Waals surface area contributed by atoms with E-state index in [0.717, 1.165) is 13.0 Å². The Hall–Kier alpha value is -0.800. The second kappa shape index (κ2) is 5.83. The van der Waals surface area contributed by atoms with E-state index in [4.69, 9.17) is 16.7 Å². The van der Waals surface area contributed by atoms with Crippen molar-refractivity contribution in [3.8, 4) is 0 Å². The summed E-state index contributed by atoms with van der Waals surface area (Å²) in [7, 11) is 0. The van der Waals surface area contributed by atoms with Crippen LogP contribution in [0.3, 0.4) is 0 Å². The molecule has 1 unspecified atom stereocenters. The van der Waals surface area contributed by atoms with Crippen molar-refractivity contribution in [2.24, 2.45) is 5.92 Å². The number of aromatic nitrogens is 1. The van der Waals surface area contributed by atoms with Gasteiger partial charge in [0.15, 0.2) is 0 Å². The van der Waals surface area contributed by atoms with Crippen LogP contribution in [-0.2, 0) is 0 Å². The zero-order valence-corrected chi connectivity index (χ0v) is 8.96. The van der Waals surface area contributed by atoms with E-state index in [1.807, 2.05) is 0 Å². The molecule has 1 aromatic heterocycles. The molecule has 0 aliphatic heterocycles. The monoisotopic (exact) mass is 214 g/mol. The molecular weight excluding hydrogens is 200 g/mol. The van der Waals surface area contributed by atoms with Crippen LogP contribution in [0.5, 0.6) is 0 Å². The minimum Gasteiger partial charge on any atom is -0.396 e. The minimum absolute atomic E-state index is 0.221. The maximum absolute atomic E-state index is 8.72. The molecule has 0 spiro atoms. The molecule has 3 nitrogen and oxygen atoms in total. The summed E-state index contributed by atoms with van der Waals surface area (Å²) in [5.41, 5.74) is 0. The minimum atomic E-state index is 0.221. The predicted octanol–water partition coefficient (Wildman–Crippen LogP) is 2.17. The molecule has 1 aromatic rings. The molecule has 1 heterocycles. The number of hydrogen-bond donors (Lipinski definition) is 2. The first kappa shape index (κ1) is 11.3. The van der Waals surface area contributed by atoms with E-state index in [-0.39, 0.29) is 6.61 Å². The van der Waals surface area contributed by atoms with Crippen LogP contribution in [-0.4, -0.2) is 23.2 Å². The Balaban J connectivity index is 2.41. The number of anilines is 1. The van der Waals surface area contributed by atoms with E-state index in [2.05, 4.69) is 17.2 Å². The lowest BCUT2D eigenvalue weighted by atomic mass is 10.1. The molecule has 0 aliphatic carbocycles. The lowest BCUT2D eigenvalue weighted by Crippen LogP contribution is -2.13. The smallest absolute Gasteiger partial charge is 0.144 e. The number of pyridine rings is 1. The van der Waals surface area contributed by atoms with Gasteiger partial charge >= 0.3 is 0 Å². The molecule has 0 amide bonds. The summed E-state index contributed by atoms with van der Waals surface area (Å²) in [6, 6.07) is 3.60. The highest BCUT2D eigenvalue weighted by Gasteiger charge is 2.03. The Morgan fingerprint density at radius 1 is 1.64 bits per heavy atom. The first-order valence-electron chi connectivity index (χ1n) is 4.69. The molecule has 1 atom stereocenters. The van der Waals surface area contributed by atoms with E-state index >= 15 is 0 Å². The SMILES string of the molecule is CC(CCO)CNc1ncccc1Cl. The average Bonchev–Trinajstić information content (AvgIpc) is 2.17. The molecule has 78 valence electrons. The van der Waals surface area contributed by atoms with E-state index < -0.39 is 0 Å². The van der Waals surface area contributed by atoms with Crippen LogP contribution in [0, 0.1) is 5.92 Å². The van der Waals surface area contributed by atoms with Gasteiger partial charge in [-0.3, -0.25) is 0 Å². The van der Waals surface area contributed by atoms with E-state index in [1.165, 1.54) is 0 Å². The molecule has 0 saturated carbocycles. The maximum atomic E-state index is 8.72. The van der Waals surface area contributed by atoms with Crippen molar-refractivity contribution in [1.82, 2.24) is 4.98 Å². The van der Waals surface area contributed by atoms with E-state index in [0.29, 0.717) is 16.8 Å². The normalized spacial score (nSPS) is 12.5. The number of nitrogens with one attached hydrogen (secondary N) is 1. The molecule has 0 aromatic carbocycles. The number of nitrogens with zero attached hydrogens (tertiary/aromatic N) is 1. The van der Waals surface area contributed by atoms with Crippen molar-refractivity contribution in [1.29, 1.82) is 0 Å². The van der Waals surface area contributed by atoms with Crippen LogP contribution < -0.4 is 5.32 Å². The lowest BCUT2D eigenvalue weighted by molar-refractivity contribution is 0.266. The van der Waals surface area contributed by atoms with Crippen molar-refractivity contribution in [3.05, 3.63) is 23.4 Å². The van der Waals surface area contributed by atoms with E-state index in [9.17, 15) is 0 Å². The standard InChI is InChI=1S/C10H15ClN2O/c1-8(4-6-14)7-13-10-9(11)3-2-5-12-10/h2-3,5,8,14H,4,6-7H2,1H3,(H,12,13). The maximum Gasteiger partial charge on any atom is 0.144 e. The summed E-state index contributed by atoms with van der Waals surface area (Å²) in [5, 5.41) is 12.5. The van der Waals surface area contributed by atoms with Gasteiger partial charge in [0.2, 0.25) is 0 Å². The van der Waals surface area contributed by atoms with E-state index in [1.54, 1.807) is 18.3 Å². The molecule has 0 saturated heterocycles. The fourth-order valence-corrected chi connectivity index (χ4v) is 1.30. The van der Waals surface area contributed by atoms with Gasteiger partial charge in [0.05, 0.1) is 5.02 Å². The molecule has 2 N–H and O–H groups in total. The van der Waals surface area contributed by atoms with Gasteiger partial charge in [-0.1, -0.05) is 18.5 Å². The quantitative estimate of drug-likeness (QED) is 0.790. The molecule has 4 heteroatoms.